The molecule has 2 aromatic rings. The van der Waals surface area contributed by atoms with E-state index in [2.05, 4.69) is 4.98 Å². The average molecular weight is 258 g/mol. The molecule has 1 unspecified atom stereocenters. The first-order chi connectivity index (χ1) is 9.04. The average Bonchev–Trinajstić information content (AvgIpc) is 2.75. The molecule has 2 rings (SSSR count). The molecule has 0 amide bonds. The summed E-state index contributed by atoms with van der Waals surface area (Å²) in [7, 11) is 1.93. The first-order valence-electron chi connectivity index (χ1n) is 6.29. The van der Waals surface area contributed by atoms with Gasteiger partial charge in [-0.1, -0.05) is 18.2 Å². The lowest BCUT2D eigenvalue weighted by molar-refractivity contribution is -0.144. The summed E-state index contributed by atoms with van der Waals surface area (Å²) in [4.78, 5) is 16.3. The second-order valence-corrected chi connectivity index (χ2v) is 4.54. The Hall–Kier alpha value is -2.10. The van der Waals surface area contributed by atoms with Gasteiger partial charge < -0.3 is 9.30 Å². The van der Waals surface area contributed by atoms with E-state index in [9.17, 15) is 4.79 Å². The van der Waals surface area contributed by atoms with Crippen molar-refractivity contribution in [1.29, 1.82) is 0 Å². The Morgan fingerprint density at radius 3 is 2.74 bits per heavy atom. The molecule has 0 radical (unpaired) electrons. The number of nitrogens with zero attached hydrogens (tertiary/aromatic N) is 2. The van der Waals surface area contributed by atoms with Gasteiger partial charge in [-0.3, -0.25) is 0 Å². The number of rotatable bonds is 3. The van der Waals surface area contributed by atoms with Crippen LogP contribution >= 0.6 is 0 Å². The summed E-state index contributed by atoms with van der Waals surface area (Å²) >= 11 is 0. The third-order valence-electron chi connectivity index (χ3n) is 3.22. The van der Waals surface area contributed by atoms with Crippen LogP contribution in [0, 0.1) is 0 Å². The third-order valence-corrected chi connectivity index (χ3v) is 3.22. The van der Waals surface area contributed by atoms with Crippen molar-refractivity contribution in [1.82, 2.24) is 9.55 Å². The zero-order valence-electron chi connectivity index (χ0n) is 11.7. The predicted molar refractivity (Wildman–Crippen MR) is 74.7 cm³/mol. The van der Waals surface area contributed by atoms with Gasteiger partial charge in [0.1, 0.15) is 0 Å². The van der Waals surface area contributed by atoms with Gasteiger partial charge in [0.2, 0.25) is 0 Å². The lowest BCUT2D eigenvalue weighted by atomic mass is 10.3. The van der Waals surface area contributed by atoms with Crippen LogP contribution in [-0.4, -0.2) is 15.5 Å². The van der Waals surface area contributed by atoms with Crippen molar-refractivity contribution in [3.63, 3.8) is 0 Å². The molecule has 1 aromatic carbocycles. The Balaban J connectivity index is 2.29. The van der Waals surface area contributed by atoms with Gasteiger partial charge in [0.15, 0.2) is 11.9 Å². The van der Waals surface area contributed by atoms with Crippen molar-refractivity contribution in [2.24, 2.45) is 7.05 Å². The molecule has 0 spiro atoms. The van der Waals surface area contributed by atoms with Gasteiger partial charge >= 0.3 is 5.97 Å². The van der Waals surface area contributed by atoms with E-state index in [0.717, 1.165) is 16.9 Å². The van der Waals surface area contributed by atoms with Crippen molar-refractivity contribution in [2.45, 2.75) is 26.9 Å². The molecular formula is C15H18N2O2. The highest BCUT2D eigenvalue weighted by Crippen LogP contribution is 2.22. The zero-order valence-corrected chi connectivity index (χ0v) is 11.7. The minimum absolute atomic E-state index is 0.304. The van der Waals surface area contributed by atoms with Gasteiger partial charge in [-0.25, -0.2) is 9.78 Å². The van der Waals surface area contributed by atoms with Crippen LogP contribution in [0.3, 0.4) is 0 Å². The maximum Gasteiger partial charge on any atom is 0.334 e. The van der Waals surface area contributed by atoms with Gasteiger partial charge in [0.25, 0.3) is 0 Å². The maximum absolute atomic E-state index is 11.8. The fourth-order valence-corrected chi connectivity index (χ4v) is 1.95. The molecule has 4 nitrogen and oxygen atoms in total. The zero-order chi connectivity index (χ0) is 14.0. The number of benzene rings is 1. The topological polar surface area (TPSA) is 44.1 Å². The lowest BCUT2D eigenvalue weighted by Crippen LogP contribution is -2.13. The van der Waals surface area contributed by atoms with Crippen molar-refractivity contribution < 1.29 is 9.53 Å². The number of imidazole rings is 1. The van der Waals surface area contributed by atoms with Crippen LogP contribution in [0.1, 0.15) is 32.7 Å². The van der Waals surface area contributed by atoms with Crippen LogP contribution < -0.4 is 0 Å². The van der Waals surface area contributed by atoms with Gasteiger partial charge in [0, 0.05) is 12.6 Å². The van der Waals surface area contributed by atoms with Crippen molar-refractivity contribution >= 4 is 17.0 Å². The molecule has 100 valence electrons. The van der Waals surface area contributed by atoms with Crippen molar-refractivity contribution in [3.05, 3.63) is 41.7 Å². The molecule has 0 bridgehead atoms. The summed E-state index contributed by atoms with van der Waals surface area (Å²) in [5, 5.41) is 0. The second kappa shape index (κ2) is 5.26. The Morgan fingerprint density at radius 2 is 2.11 bits per heavy atom. The molecule has 0 saturated carbocycles. The highest BCUT2D eigenvalue weighted by atomic mass is 16.5. The monoisotopic (exact) mass is 258 g/mol. The number of carbonyl (C=O) groups excluding carboxylic acids is 1. The number of fused-ring (bicyclic) bond motifs is 1. The molecule has 1 heterocycles. The van der Waals surface area contributed by atoms with Crippen LogP contribution in [-0.2, 0) is 16.6 Å². The fourth-order valence-electron chi connectivity index (χ4n) is 1.95. The van der Waals surface area contributed by atoms with Gasteiger partial charge in [-0.15, -0.1) is 0 Å². The SMILES string of the molecule is C/C=C(\C)C(=O)OC(C)c1nc2ccccc2n1C. The number of allylic oxidation sites excluding steroid dienone is 1. The van der Waals surface area contributed by atoms with E-state index in [1.807, 2.05) is 49.7 Å². The number of aromatic nitrogens is 2. The summed E-state index contributed by atoms with van der Waals surface area (Å²) < 4.78 is 7.37. The number of hydrogen-bond acceptors (Lipinski definition) is 3. The third kappa shape index (κ3) is 2.52. The van der Waals surface area contributed by atoms with E-state index in [-0.39, 0.29) is 12.1 Å². The predicted octanol–water partition coefficient (Wildman–Crippen LogP) is 3.14. The highest BCUT2D eigenvalue weighted by Gasteiger charge is 2.18. The molecule has 0 saturated heterocycles. The summed E-state index contributed by atoms with van der Waals surface area (Å²) in [6.07, 6.45) is 1.36. The molecule has 0 N–H and O–H groups in total. The first kappa shape index (κ1) is 13.3. The van der Waals surface area contributed by atoms with Crippen LogP contribution in [0.2, 0.25) is 0 Å². The Morgan fingerprint density at radius 1 is 1.42 bits per heavy atom. The smallest absolute Gasteiger partial charge is 0.334 e. The molecule has 19 heavy (non-hydrogen) atoms. The summed E-state index contributed by atoms with van der Waals surface area (Å²) in [6.45, 7) is 5.39. The van der Waals surface area contributed by atoms with E-state index >= 15 is 0 Å². The molecule has 0 aliphatic heterocycles. The molecule has 0 aliphatic carbocycles. The standard InChI is InChI=1S/C15H18N2O2/c1-5-10(2)15(18)19-11(3)14-16-12-8-6-7-9-13(12)17(14)4/h5-9,11H,1-4H3/b10-5+. The minimum Gasteiger partial charge on any atom is -0.451 e. The van der Waals surface area contributed by atoms with Crippen LogP contribution in [0.4, 0.5) is 0 Å². The second-order valence-electron chi connectivity index (χ2n) is 4.54. The summed E-state index contributed by atoms with van der Waals surface area (Å²) in [6, 6.07) is 7.86. The van der Waals surface area contributed by atoms with Gasteiger partial charge in [0.05, 0.1) is 11.0 Å². The summed E-state index contributed by atoms with van der Waals surface area (Å²) in [5.74, 6) is 0.445. The molecule has 0 fully saturated rings. The number of esters is 1. The number of para-hydroxylation sites is 2. The quantitative estimate of drug-likeness (QED) is 0.627. The van der Waals surface area contributed by atoms with E-state index < -0.39 is 0 Å². The largest absolute Gasteiger partial charge is 0.451 e. The van der Waals surface area contributed by atoms with E-state index in [0.29, 0.717) is 5.57 Å². The van der Waals surface area contributed by atoms with Crippen LogP contribution in [0.25, 0.3) is 11.0 Å². The van der Waals surface area contributed by atoms with E-state index in [4.69, 9.17) is 4.74 Å². The van der Waals surface area contributed by atoms with Crippen LogP contribution in [0.5, 0.6) is 0 Å². The normalized spacial score (nSPS) is 13.6. The maximum atomic E-state index is 11.8. The Bertz CT molecular complexity index is 641. The molecule has 1 atom stereocenters. The lowest BCUT2D eigenvalue weighted by Gasteiger charge is -2.13. The fraction of sp³-hybridized carbons (Fsp3) is 0.333. The Kier molecular flexibility index (Phi) is 3.69. The van der Waals surface area contributed by atoms with Gasteiger partial charge in [-0.05, 0) is 32.9 Å². The Labute approximate surface area is 112 Å². The van der Waals surface area contributed by atoms with Crippen molar-refractivity contribution in [2.75, 3.05) is 0 Å². The highest BCUT2D eigenvalue weighted by molar-refractivity contribution is 5.87. The van der Waals surface area contributed by atoms with Crippen LogP contribution in [0.15, 0.2) is 35.9 Å². The van der Waals surface area contributed by atoms with E-state index in [1.54, 1.807) is 13.0 Å². The van der Waals surface area contributed by atoms with Crippen molar-refractivity contribution in [3.8, 4) is 0 Å². The van der Waals surface area contributed by atoms with Gasteiger partial charge in [-0.2, -0.15) is 0 Å². The number of aryl methyl sites for hydroxylation is 1. The molecule has 4 heteroatoms. The number of hydrogen-bond donors (Lipinski definition) is 0. The molecule has 0 aliphatic rings. The number of ether oxygens (including phenoxy) is 1. The summed E-state index contributed by atoms with van der Waals surface area (Å²) in [5.41, 5.74) is 2.54. The molecule has 1 aromatic heterocycles. The first-order valence-corrected chi connectivity index (χ1v) is 6.29. The van der Waals surface area contributed by atoms with E-state index in [1.165, 1.54) is 0 Å². The molecular weight excluding hydrogens is 240 g/mol. The number of carbonyl (C=O) groups is 1. The minimum atomic E-state index is -0.375.